The predicted molar refractivity (Wildman–Crippen MR) is 72.2 cm³/mol. The molecule has 0 bridgehead atoms. The van der Waals surface area contributed by atoms with E-state index >= 15 is 0 Å². The lowest BCUT2D eigenvalue weighted by Gasteiger charge is -2.18. The Kier molecular flexibility index (Phi) is 7.66. The van der Waals surface area contributed by atoms with Gasteiger partial charge in [-0.3, -0.25) is 4.79 Å². The number of nitrogens with two attached hydrogens (primary N) is 1. The Morgan fingerprint density at radius 2 is 2.12 bits per heavy atom. The molecule has 0 aromatic rings. The second kappa shape index (κ2) is 8.14. The number of halogens is 1. The minimum atomic E-state index is -0.241. The van der Waals surface area contributed by atoms with Crippen molar-refractivity contribution in [1.29, 1.82) is 0 Å². The SMILES string of the molecule is C/C=C(\C)CNC(=O)/C(=C(\Cl)CCC)N(C)N. The van der Waals surface area contributed by atoms with E-state index in [1.807, 2.05) is 26.8 Å². The summed E-state index contributed by atoms with van der Waals surface area (Å²) in [5.74, 6) is 5.38. The molecule has 0 aromatic heterocycles. The van der Waals surface area contributed by atoms with Crippen LogP contribution in [0.4, 0.5) is 0 Å². The summed E-state index contributed by atoms with van der Waals surface area (Å²) in [4.78, 5) is 11.9. The van der Waals surface area contributed by atoms with Gasteiger partial charge in [0.25, 0.3) is 5.91 Å². The molecule has 0 unspecified atom stereocenters. The summed E-state index contributed by atoms with van der Waals surface area (Å²) >= 11 is 6.07. The summed E-state index contributed by atoms with van der Waals surface area (Å²) in [7, 11) is 1.61. The number of amides is 1. The number of rotatable bonds is 6. The lowest BCUT2D eigenvalue weighted by Crippen LogP contribution is -2.37. The van der Waals surface area contributed by atoms with Crippen LogP contribution in [0.2, 0.25) is 0 Å². The van der Waals surface area contributed by atoms with Crippen molar-refractivity contribution in [2.24, 2.45) is 5.84 Å². The highest BCUT2D eigenvalue weighted by molar-refractivity contribution is 6.31. The van der Waals surface area contributed by atoms with Gasteiger partial charge < -0.3 is 10.3 Å². The Hall–Kier alpha value is -1.00. The number of nitrogens with zero attached hydrogens (tertiary/aromatic N) is 1. The van der Waals surface area contributed by atoms with Gasteiger partial charge in [-0.25, -0.2) is 5.84 Å². The van der Waals surface area contributed by atoms with Gasteiger partial charge >= 0.3 is 0 Å². The van der Waals surface area contributed by atoms with Crippen LogP contribution in [-0.2, 0) is 4.79 Å². The predicted octanol–water partition coefficient (Wildman–Crippen LogP) is 2.12. The monoisotopic (exact) mass is 259 g/mol. The number of carbonyl (C=O) groups excluding carboxylic acids is 1. The van der Waals surface area contributed by atoms with Crippen molar-refractivity contribution in [3.63, 3.8) is 0 Å². The molecule has 0 spiro atoms. The van der Waals surface area contributed by atoms with E-state index in [0.717, 1.165) is 12.0 Å². The zero-order chi connectivity index (χ0) is 13.4. The molecule has 4 nitrogen and oxygen atoms in total. The average molecular weight is 260 g/mol. The van der Waals surface area contributed by atoms with Crippen LogP contribution in [0, 0.1) is 0 Å². The molecule has 0 aliphatic carbocycles. The van der Waals surface area contributed by atoms with Gasteiger partial charge in [0, 0.05) is 18.6 Å². The fourth-order valence-corrected chi connectivity index (χ4v) is 1.63. The first kappa shape index (κ1) is 16.0. The Labute approximate surface area is 108 Å². The minimum absolute atomic E-state index is 0.241. The second-order valence-electron chi connectivity index (χ2n) is 3.93. The second-order valence-corrected chi connectivity index (χ2v) is 4.39. The zero-order valence-corrected chi connectivity index (χ0v) is 11.8. The van der Waals surface area contributed by atoms with Crippen LogP contribution in [0.1, 0.15) is 33.6 Å². The van der Waals surface area contributed by atoms with Crippen molar-refractivity contribution in [1.82, 2.24) is 10.3 Å². The van der Waals surface area contributed by atoms with Gasteiger partial charge in [-0.1, -0.05) is 36.6 Å². The van der Waals surface area contributed by atoms with E-state index in [2.05, 4.69) is 5.32 Å². The summed E-state index contributed by atoms with van der Waals surface area (Å²) in [5, 5.41) is 4.54. The van der Waals surface area contributed by atoms with Crippen molar-refractivity contribution < 1.29 is 4.79 Å². The first-order chi connectivity index (χ1) is 7.93. The smallest absolute Gasteiger partial charge is 0.270 e. The molecule has 0 fully saturated rings. The lowest BCUT2D eigenvalue weighted by atomic mass is 10.2. The van der Waals surface area contributed by atoms with Crippen molar-refractivity contribution in [2.75, 3.05) is 13.6 Å². The van der Waals surface area contributed by atoms with Crippen molar-refractivity contribution in [3.05, 3.63) is 22.4 Å². The van der Waals surface area contributed by atoms with Gasteiger partial charge in [-0.15, -0.1) is 0 Å². The van der Waals surface area contributed by atoms with E-state index in [-0.39, 0.29) is 5.91 Å². The third-order valence-corrected chi connectivity index (χ3v) is 2.68. The van der Waals surface area contributed by atoms with E-state index in [1.165, 1.54) is 5.01 Å². The van der Waals surface area contributed by atoms with Crippen molar-refractivity contribution >= 4 is 17.5 Å². The van der Waals surface area contributed by atoms with Crippen LogP contribution >= 0.6 is 11.6 Å². The van der Waals surface area contributed by atoms with Crippen LogP contribution in [-0.4, -0.2) is 24.5 Å². The van der Waals surface area contributed by atoms with E-state index in [9.17, 15) is 4.79 Å². The molecule has 1 amide bonds. The molecule has 5 heteroatoms. The molecule has 0 aromatic carbocycles. The van der Waals surface area contributed by atoms with Gasteiger partial charge in [0.1, 0.15) is 5.70 Å². The summed E-state index contributed by atoms with van der Waals surface area (Å²) in [6.45, 7) is 6.38. The van der Waals surface area contributed by atoms with E-state index in [0.29, 0.717) is 23.7 Å². The fourth-order valence-electron chi connectivity index (χ4n) is 1.22. The number of carbonyl (C=O) groups is 1. The molecule has 0 heterocycles. The summed E-state index contributed by atoms with van der Waals surface area (Å²) in [6.07, 6.45) is 3.47. The Morgan fingerprint density at radius 1 is 1.53 bits per heavy atom. The van der Waals surface area contributed by atoms with E-state index in [4.69, 9.17) is 17.4 Å². The molecule has 98 valence electrons. The normalized spacial score (nSPS) is 13.2. The number of hydrogen-bond donors (Lipinski definition) is 2. The van der Waals surface area contributed by atoms with Crippen molar-refractivity contribution in [2.45, 2.75) is 33.6 Å². The van der Waals surface area contributed by atoms with Gasteiger partial charge in [0.15, 0.2) is 0 Å². The van der Waals surface area contributed by atoms with Crippen LogP contribution in [0.3, 0.4) is 0 Å². The summed E-state index contributed by atoms with van der Waals surface area (Å²) in [5.41, 5.74) is 1.42. The van der Waals surface area contributed by atoms with Crippen LogP contribution in [0.25, 0.3) is 0 Å². The van der Waals surface area contributed by atoms with Gasteiger partial charge in [0.05, 0.1) is 0 Å². The minimum Gasteiger partial charge on any atom is -0.347 e. The van der Waals surface area contributed by atoms with Crippen molar-refractivity contribution in [3.8, 4) is 0 Å². The van der Waals surface area contributed by atoms with Crippen LogP contribution in [0.5, 0.6) is 0 Å². The van der Waals surface area contributed by atoms with E-state index in [1.54, 1.807) is 7.05 Å². The molecular formula is C12H22ClN3O. The third kappa shape index (κ3) is 5.75. The molecule has 0 atom stereocenters. The van der Waals surface area contributed by atoms with Gasteiger partial charge in [-0.05, 0) is 20.3 Å². The molecule has 0 rings (SSSR count). The maximum absolute atomic E-state index is 11.9. The molecule has 0 saturated carbocycles. The van der Waals surface area contributed by atoms with Gasteiger partial charge in [-0.2, -0.15) is 0 Å². The van der Waals surface area contributed by atoms with E-state index < -0.39 is 0 Å². The van der Waals surface area contributed by atoms with Crippen LogP contribution in [0.15, 0.2) is 22.4 Å². The largest absolute Gasteiger partial charge is 0.347 e. The molecular weight excluding hydrogens is 238 g/mol. The fraction of sp³-hybridized carbons (Fsp3) is 0.583. The number of hydrazine groups is 1. The Bertz CT molecular complexity index is 322. The zero-order valence-electron chi connectivity index (χ0n) is 11.0. The maximum Gasteiger partial charge on any atom is 0.270 e. The highest BCUT2D eigenvalue weighted by Gasteiger charge is 2.16. The average Bonchev–Trinajstić information content (AvgIpc) is 2.25. The molecule has 0 aliphatic heterocycles. The molecule has 17 heavy (non-hydrogen) atoms. The standard InChI is InChI=1S/C12H22ClN3O/c1-5-7-10(13)11(16(4)14)12(17)15-8-9(3)6-2/h6H,5,7-8,14H2,1-4H3,(H,15,17)/b9-6+,11-10+. The number of hydrogen-bond acceptors (Lipinski definition) is 3. The lowest BCUT2D eigenvalue weighted by molar-refractivity contribution is -0.118. The quantitative estimate of drug-likeness (QED) is 0.333. The third-order valence-electron chi connectivity index (χ3n) is 2.31. The molecule has 3 N–H and O–H groups in total. The molecule has 0 saturated heterocycles. The van der Waals surface area contributed by atoms with Gasteiger partial charge in [0.2, 0.25) is 0 Å². The molecule has 0 radical (unpaired) electrons. The number of likely N-dealkylation sites (N-methyl/N-ethyl adjacent to an activating group) is 1. The highest BCUT2D eigenvalue weighted by Crippen LogP contribution is 2.16. The number of allylic oxidation sites excluding steroid dienone is 2. The Balaban J connectivity index is 4.73. The highest BCUT2D eigenvalue weighted by atomic mass is 35.5. The number of nitrogens with one attached hydrogen (secondary N) is 1. The Morgan fingerprint density at radius 3 is 2.53 bits per heavy atom. The van der Waals surface area contributed by atoms with Crippen LogP contribution < -0.4 is 11.2 Å². The molecule has 0 aliphatic rings. The maximum atomic E-state index is 11.9. The first-order valence-electron chi connectivity index (χ1n) is 5.71. The first-order valence-corrected chi connectivity index (χ1v) is 6.08. The topological polar surface area (TPSA) is 58.4 Å². The summed E-state index contributed by atoms with van der Waals surface area (Å²) < 4.78 is 0. The summed E-state index contributed by atoms with van der Waals surface area (Å²) in [6, 6.07) is 0.